The van der Waals surface area contributed by atoms with Crippen LogP contribution in [0.2, 0.25) is 0 Å². The van der Waals surface area contributed by atoms with Crippen molar-refractivity contribution in [1.29, 1.82) is 0 Å². The van der Waals surface area contributed by atoms with E-state index in [1.54, 1.807) is 6.26 Å². The quantitative estimate of drug-likeness (QED) is 0.557. The van der Waals surface area contributed by atoms with Crippen molar-refractivity contribution in [3.8, 4) is 0 Å². The predicted molar refractivity (Wildman–Crippen MR) is 102 cm³/mol. The molecule has 0 bridgehead atoms. The zero-order valence-corrected chi connectivity index (χ0v) is 16.2. The molecule has 1 aromatic carbocycles. The molecule has 0 aliphatic carbocycles. The monoisotopic (exact) mass is 358 g/mol. The number of ether oxygens (including phenoxy) is 2. The first-order valence-electron chi connectivity index (χ1n) is 9.34. The second-order valence-corrected chi connectivity index (χ2v) is 7.49. The molecular weight excluding hydrogens is 328 g/mol. The van der Waals surface area contributed by atoms with Crippen LogP contribution in [-0.4, -0.2) is 17.7 Å². The maximum atomic E-state index is 12.8. The number of furan rings is 1. The molecule has 2 rings (SSSR count). The van der Waals surface area contributed by atoms with Gasteiger partial charge in [-0.05, 0) is 44.9 Å². The van der Waals surface area contributed by atoms with Gasteiger partial charge in [0.25, 0.3) is 0 Å². The highest BCUT2D eigenvalue weighted by Gasteiger charge is 2.30. The molecule has 1 aromatic heterocycles. The molecule has 0 amide bonds. The van der Waals surface area contributed by atoms with E-state index in [2.05, 4.69) is 6.92 Å². The minimum Gasteiger partial charge on any atom is -0.467 e. The Labute approximate surface area is 156 Å². The lowest BCUT2D eigenvalue weighted by Crippen LogP contribution is -2.35. The van der Waals surface area contributed by atoms with Crippen LogP contribution in [0.5, 0.6) is 0 Å². The maximum Gasteiger partial charge on any atom is 0.336 e. The number of esters is 1. The van der Waals surface area contributed by atoms with Gasteiger partial charge in [0.1, 0.15) is 17.5 Å². The van der Waals surface area contributed by atoms with Crippen LogP contribution in [0.4, 0.5) is 0 Å². The maximum absolute atomic E-state index is 12.8. The number of benzene rings is 1. The van der Waals surface area contributed by atoms with Crippen LogP contribution >= 0.6 is 0 Å². The predicted octanol–water partition coefficient (Wildman–Crippen LogP) is 5.48. The van der Waals surface area contributed by atoms with E-state index in [1.807, 2.05) is 63.2 Å². The minimum atomic E-state index is -0.677. The molecule has 142 valence electrons. The van der Waals surface area contributed by atoms with Gasteiger partial charge in [-0.1, -0.05) is 50.1 Å². The third kappa shape index (κ3) is 6.68. The minimum absolute atomic E-state index is 0.258. The van der Waals surface area contributed by atoms with Gasteiger partial charge in [-0.15, -0.1) is 0 Å². The van der Waals surface area contributed by atoms with E-state index < -0.39 is 11.7 Å². The Hall–Kier alpha value is -2.07. The number of carbonyl (C=O) groups is 1. The highest BCUT2D eigenvalue weighted by molar-refractivity contribution is 5.75. The largest absolute Gasteiger partial charge is 0.467 e. The first-order chi connectivity index (χ1) is 12.4. The average Bonchev–Trinajstić information content (AvgIpc) is 3.11. The molecule has 1 heterocycles. The second-order valence-electron chi connectivity index (χ2n) is 7.49. The third-order valence-electron chi connectivity index (χ3n) is 3.94. The fourth-order valence-corrected chi connectivity index (χ4v) is 2.72. The molecule has 0 saturated carbocycles. The molecule has 0 aliphatic heterocycles. The number of carbonyl (C=O) groups excluding carboxylic acids is 1. The average molecular weight is 358 g/mol. The SMILES string of the molecule is CCCC[C@H](O[C@@H](Cc1ccccc1)C(=O)OC(C)(C)C)c1ccco1. The Morgan fingerprint density at radius 1 is 1.12 bits per heavy atom. The van der Waals surface area contributed by atoms with Crippen molar-refractivity contribution in [2.45, 2.75) is 71.2 Å². The van der Waals surface area contributed by atoms with Crippen molar-refractivity contribution < 1.29 is 18.7 Å². The molecule has 0 radical (unpaired) electrons. The van der Waals surface area contributed by atoms with Crippen molar-refractivity contribution >= 4 is 5.97 Å². The van der Waals surface area contributed by atoms with Gasteiger partial charge >= 0.3 is 5.97 Å². The molecule has 26 heavy (non-hydrogen) atoms. The molecule has 0 spiro atoms. The van der Waals surface area contributed by atoms with Crippen molar-refractivity contribution in [3.63, 3.8) is 0 Å². The van der Waals surface area contributed by atoms with Crippen molar-refractivity contribution in [3.05, 3.63) is 60.1 Å². The summed E-state index contributed by atoms with van der Waals surface area (Å²) in [7, 11) is 0. The van der Waals surface area contributed by atoms with Gasteiger partial charge in [0.15, 0.2) is 6.10 Å². The van der Waals surface area contributed by atoms with Crippen LogP contribution in [0.15, 0.2) is 53.1 Å². The smallest absolute Gasteiger partial charge is 0.336 e. The first-order valence-corrected chi connectivity index (χ1v) is 9.34. The highest BCUT2D eigenvalue weighted by atomic mass is 16.6. The molecule has 0 N–H and O–H groups in total. The van der Waals surface area contributed by atoms with E-state index in [9.17, 15) is 4.79 Å². The lowest BCUT2D eigenvalue weighted by molar-refractivity contribution is -0.173. The van der Waals surface area contributed by atoms with Crippen LogP contribution in [0, 0.1) is 0 Å². The van der Waals surface area contributed by atoms with Gasteiger partial charge < -0.3 is 13.9 Å². The standard InChI is InChI=1S/C22H30O4/c1-5-6-13-19(18-14-10-15-24-18)25-20(21(23)26-22(2,3)4)16-17-11-8-7-9-12-17/h7-12,14-15,19-20H,5-6,13,16H2,1-4H3/t19-,20-/m0/s1. The summed E-state index contributed by atoms with van der Waals surface area (Å²) < 4.78 is 17.4. The highest BCUT2D eigenvalue weighted by Crippen LogP contribution is 2.27. The summed E-state index contributed by atoms with van der Waals surface area (Å²) in [5.74, 6) is 0.412. The van der Waals surface area contributed by atoms with Gasteiger partial charge in [-0.3, -0.25) is 0 Å². The lowest BCUT2D eigenvalue weighted by Gasteiger charge is -2.27. The summed E-state index contributed by atoms with van der Waals surface area (Å²) in [5, 5.41) is 0. The zero-order chi connectivity index (χ0) is 19.0. The number of hydrogen-bond donors (Lipinski definition) is 0. The summed E-state index contributed by atoms with van der Waals surface area (Å²) in [6.45, 7) is 7.73. The van der Waals surface area contributed by atoms with E-state index in [0.717, 1.165) is 30.6 Å². The molecule has 0 aliphatic rings. The third-order valence-corrected chi connectivity index (χ3v) is 3.94. The fourth-order valence-electron chi connectivity index (χ4n) is 2.72. The molecule has 2 atom stereocenters. The summed E-state index contributed by atoms with van der Waals surface area (Å²) in [4.78, 5) is 12.8. The van der Waals surface area contributed by atoms with Gasteiger partial charge in [0.2, 0.25) is 0 Å². The van der Waals surface area contributed by atoms with E-state index in [-0.39, 0.29) is 12.1 Å². The Balaban J connectivity index is 2.18. The first kappa shape index (κ1) is 20.2. The summed E-state index contributed by atoms with van der Waals surface area (Å²) in [6, 6.07) is 13.6. The van der Waals surface area contributed by atoms with Crippen LogP contribution in [0.1, 0.15) is 64.4 Å². The number of rotatable bonds is 9. The van der Waals surface area contributed by atoms with E-state index >= 15 is 0 Å². The van der Waals surface area contributed by atoms with Crippen LogP contribution < -0.4 is 0 Å². The van der Waals surface area contributed by atoms with Crippen molar-refractivity contribution in [1.82, 2.24) is 0 Å². The molecule has 0 unspecified atom stereocenters. The Morgan fingerprint density at radius 3 is 2.42 bits per heavy atom. The van der Waals surface area contributed by atoms with E-state index in [4.69, 9.17) is 13.9 Å². The normalized spacial score (nSPS) is 14.0. The Bertz CT molecular complexity index is 641. The second kappa shape index (κ2) is 9.58. The summed E-state index contributed by atoms with van der Waals surface area (Å²) in [6.07, 6.45) is 4.03. The van der Waals surface area contributed by atoms with Gasteiger partial charge in [0.05, 0.1) is 6.26 Å². The van der Waals surface area contributed by atoms with Crippen molar-refractivity contribution in [2.24, 2.45) is 0 Å². The van der Waals surface area contributed by atoms with Gasteiger partial charge in [-0.25, -0.2) is 4.79 Å². The molecule has 4 nitrogen and oxygen atoms in total. The molecule has 0 saturated heterocycles. The lowest BCUT2D eigenvalue weighted by atomic mass is 10.1. The fraction of sp³-hybridized carbons (Fsp3) is 0.500. The molecule has 0 fully saturated rings. The van der Waals surface area contributed by atoms with Gasteiger partial charge in [0, 0.05) is 6.42 Å². The molecular formula is C22H30O4. The zero-order valence-electron chi connectivity index (χ0n) is 16.2. The van der Waals surface area contributed by atoms with Crippen LogP contribution in [-0.2, 0) is 20.7 Å². The molecule has 2 aromatic rings. The van der Waals surface area contributed by atoms with E-state index in [1.165, 1.54) is 0 Å². The summed E-state index contributed by atoms with van der Waals surface area (Å²) >= 11 is 0. The Morgan fingerprint density at radius 2 is 1.85 bits per heavy atom. The van der Waals surface area contributed by atoms with Gasteiger partial charge in [-0.2, -0.15) is 0 Å². The number of hydrogen-bond acceptors (Lipinski definition) is 4. The molecule has 4 heteroatoms. The van der Waals surface area contributed by atoms with E-state index in [0.29, 0.717) is 6.42 Å². The van der Waals surface area contributed by atoms with Crippen LogP contribution in [0.25, 0.3) is 0 Å². The van der Waals surface area contributed by atoms with Crippen LogP contribution in [0.3, 0.4) is 0 Å². The number of unbranched alkanes of at least 4 members (excludes halogenated alkanes) is 1. The summed E-state index contributed by atoms with van der Waals surface area (Å²) in [5.41, 5.74) is 0.482. The Kier molecular flexibility index (Phi) is 7.46. The topological polar surface area (TPSA) is 48.7 Å². The van der Waals surface area contributed by atoms with Crippen molar-refractivity contribution in [2.75, 3.05) is 0 Å².